The van der Waals surface area contributed by atoms with Crippen molar-refractivity contribution in [1.82, 2.24) is 36.0 Å². The van der Waals surface area contributed by atoms with Crippen molar-refractivity contribution in [3.63, 3.8) is 0 Å². The summed E-state index contributed by atoms with van der Waals surface area (Å²) in [6.45, 7) is 6.18. The highest BCUT2D eigenvalue weighted by molar-refractivity contribution is 6.30. The number of rotatable bonds is 12. The Hall–Kier alpha value is -4.72. The van der Waals surface area contributed by atoms with E-state index in [1.807, 2.05) is 13.8 Å². The van der Waals surface area contributed by atoms with Crippen molar-refractivity contribution in [2.75, 3.05) is 27.2 Å². The van der Waals surface area contributed by atoms with Gasteiger partial charge in [-0.05, 0) is 108 Å². The third kappa shape index (κ3) is 12.6. The number of alkyl halides is 4. The van der Waals surface area contributed by atoms with Crippen LogP contribution in [0.15, 0.2) is 18.2 Å². The van der Waals surface area contributed by atoms with E-state index >= 15 is 0 Å². The molecular weight excluding hydrogens is 882 g/mol. The van der Waals surface area contributed by atoms with Crippen molar-refractivity contribution in [3.05, 3.63) is 28.8 Å². The Morgan fingerprint density at radius 1 is 1.05 bits per heavy atom. The van der Waals surface area contributed by atoms with Crippen LogP contribution in [-0.2, 0) is 40.0 Å². The highest BCUT2D eigenvalue weighted by atomic mass is 35.5. The summed E-state index contributed by atoms with van der Waals surface area (Å²) in [6, 6.07) is -1.85. The lowest BCUT2D eigenvalue weighted by Gasteiger charge is -2.36. The zero-order valence-electron chi connectivity index (χ0n) is 37.9. The monoisotopic (exact) mass is 943 g/mol. The van der Waals surface area contributed by atoms with E-state index in [1.165, 1.54) is 32.8 Å². The van der Waals surface area contributed by atoms with Crippen LogP contribution >= 0.6 is 11.6 Å². The molecule has 5 rings (SSSR count). The molecule has 4 aliphatic rings. The van der Waals surface area contributed by atoms with Gasteiger partial charge in [-0.25, -0.2) is 4.39 Å². The van der Waals surface area contributed by atoms with Gasteiger partial charge in [0.2, 0.25) is 41.0 Å². The van der Waals surface area contributed by atoms with Crippen LogP contribution in [0, 0.1) is 11.8 Å². The van der Waals surface area contributed by atoms with E-state index in [9.17, 15) is 56.2 Å². The van der Waals surface area contributed by atoms with Gasteiger partial charge >= 0.3 is 6.18 Å². The van der Waals surface area contributed by atoms with Gasteiger partial charge in [0.25, 0.3) is 5.91 Å². The average Bonchev–Trinajstić information content (AvgIpc) is 4.17. The van der Waals surface area contributed by atoms with E-state index < -0.39 is 114 Å². The second kappa shape index (κ2) is 20.4. The first-order chi connectivity index (χ1) is 30.2. The number of hydrogen-bond acceptors (Lipinski definition) is 9. The SMILES string of the molecule is CC(C)C[C@@H]1NC(=O)[C@@H](N(C)C(=O)[C@@H](NC(=O)[C@@H]2C[C@@H](F)CN2C(=O)[C@@](C)(O)C(F)(F)F)C2CC2)CCCCNC(=O)C(C)(C)NC(=O)[C@H](Cc2cc(Cl)ccc2OC2CC2)N(C)C1=O. The fourth-order valence-corrected chi connectivity index (χ4v) is 8.28. The minimum atomic E-state index is -5.43. The molecule has 2 aliphatic heterocycles. The molecule has 0 spiro atoms. The summed E-state index contributed by atoms with van der Waals surface area (Å²) >= 11 is 6.41. The highest BCUT2D eigenvalue weighted by Gasteiger charge is 2.59. The Bertz CT molecular complexity index is 1980. The van der Waals surface area contributed by atoms with Crippen LogP contribution in [0.25, 0.3) is 0 Å². The summed E-state index contributed by atoms with van der Waals surface area (Å²) in [5.74, 6) is -6.48. The van der Waals surface area contributed by atoms with Crippen molar-refractivity contribution >= 4 is 53.0 Å². The Morgan fingerprint density at radius 2 is 1.71 bits per heavy atom. The molecule has 65 heavy (non-hydrogen) atoms. The maximum absolute atomic E-state index is 14.7. The van der Waals surface area contributed by atoms with Crippen LogP contribution < -0.4 is 26.0 Å². The maximum Gasteiger partial charge on any atom is 0.426 e. The van der Waals surface area contributed by atoms with Crippen LogP contribution in [0.2, 0.25) is 5.02 Å². The summed E-state index contributed by atoms with van der Waals surface area (Å²) in [5.41, 5.74) is -4.82. The second-order valence-electron chi connectivity index (χ2n) is 19.0. The lowest BCUT2D eigenvalue weighted by Crippen LogP contribution is -2.62. The minimum Gasteiger partial charge on any atom is -0.490 e. The standard InChI is InChI=1S/C44H62ClF4N7O9/c1-23(2)18-29-38(60)55(7)31(20-25-19-26(45)13-16-33(25)65-28-14-15-28)37(59)53-42(3,4)40(62)50-17-9-8-10-30(35(57)51-29)54(6)39(61)34(24-11-12-24)52-36(58)32-21-27(46)22-56(32)41(63)43(5,64)44(47,48)49/h13,16,19,23-24,27-32,34,64H,8-12,14-15,17-18,20-22H2,1-7H3,(H,50,62)(H,51,57)(H,52,58)(H,53,59)/t27-,29+,30+,31+,32+,34+,43-/m1/s1. The number of halogens is 5. The summed E-state index contributed by atoms with van der Waals surface area (Å²) in [5, 5.41) is 21.4. The number of carbonyl (C=O) groups excluding carboxylic acids is 7. The smallest absolute Gasteiger partial charge is 0.426 e. The summed E-state index contributed by atoms with van der Waals surface area (Å²) in [7, 11) is 2.75. The number of benzene rings is 1. The quantitative estimate of drug-likeness (QED) is 0.195. The molecule has 21 heteroatoms. The average molecular weight is 944 g/mol. The Morgan fingerprint density at radius 3 is 2.31 bits per heavy atom. The predicted octanol–water partition coefficient (Wildman–Crippen LogP) is 2.95. The van der Waals surface area contributed by atoms with Crippen LogP contribution in [0.5, 0.6) is 5.75 Å². The highest BCUT2D eigenvalue weighted by Crippen LogP contribution is 2.37. The molecule has 5 N–H and O–H groups in total. The number of likely N-dealkylation sites (tertiary alicyclic amines) is 1. The molecule has 0 bridgehead atoms. The van der Waals surface area contributed by atoms with Gasteiger partial charge in [-0.2, -0.15) is 13.2 Å². The van der Waals surface area contributed by atoms with Gasteiger partial charge in [-0.15, -0.1) is 0 Å². The molecular formula is C44H62ClF4N7O9. The van der Waals surface area contributed by atoms with E-state index in [4.69, 9.17) is 16.3 Å². The number of nitrogens with zero attached hydrogens (tertiary/aromatic N) is 3. The predicted molar refractivity (Wildman–Crippen MR) is 229 cm³/mol. The molecule has 2 saturated heterocycles. The first kappa shape index (κ1) is 51.3. The number of likely N-dealkylation sites (N-methyl/N-ethyl adjacent to an activating group) is 2. The molecule has 1 aromatic rings. The molecule has 0 unspecified atom stereocenters. The van der Waals surface area contributed by atoms with E-state index in [2.05, 4.69) is 21.3 Å². The van der Waals surface area contributed by atoms with Crippen LogP contribution in [-0.4, -0.2) is 148 Å². The normalized spacial score (nSPS) is 26.4. The zero-order chi connectivity index (χ0) is 48.3. The van der Waals surface area contributed by atoms with Crippen molar-refractivity contribution in [2.24, 2.45) is 11.8 Å². The van der Waals surface area contributed by atoms with Gasteiger partial charge in [-0.3, -0.25) is 33.6 Å². The Labute approximate surface area is 381 Å². The molecule has 362 valence electrons. The largest absolute Gasteiger partial charge is 0.490 e. The molecule has 2 saturated carbocycles. The van der Waals surface area contributed by atoms with Crippen molar-refractivity contribution in [1.29, 1.82) is 0 Å². The lowest BCUT2D eigenvalue weighted by molar-refractivity contribution is -0.250. The molecule has 7 atom stereocenters. The number of aliphatic hydroxyl groups is 1. The van der Waals surface area contributed by atoms with Gasteiger partial charge < -0.3 is 45.8 Å². The van der Waals surface area contributed by atoms with Crippen LogP contribution in [0.1, 0.15) is 98.0 Å². The molecule has 2 aliphatic carbocycles. The molecule has 1 aromatic carbocycles. The maximum atomic E-state index is 14.7. The first-order valence-electron chi connectivity index (χ1n) is 22.2. The number of amides is 7. The van der Waals surface area contributed by atoms with E-state index in [0.717, 1.165) is 17.7 Å². The fourth-order valence-electron chi connectivity index (χ4n) is 8.09. The topological polar surface area (TPSA) is 207 Å². The molecule has 0 radical (unpaired) electrons. The Kier molecular flexibility index (Phi) is 16.1. The van der Waals surface area contributed by atoms with Crippen LogP contribution in [0.4, 0.5) is 17.6 Å². The minimum absolute atomic E-state index is 0.00928. The molecule has 0 aromatic heterocycles. The molecule has 7 amide bonds. The molecule has 16 nitrogen and oxygen atoms in total. The number of carbonyl (C=O) groups is 7. The fraction of sp³-hybridized carbons (Fsp3) is 0.705. The van der Waals surface area contributed by atoms with E-state index in [-0.39, 0.29) is 51.2 Å². The van der Waals surface area contributed by atoms with Crippen molar-refractivity contribution < 1.29 is 61.0 Å². The van der Waals surface area contributed by atoms with Gasteiger partial charge in [0.05, 0.1) is 12.6 Å². The number of ether oxygens (including phenoxy) is 1. The second-order valence-corrected chi connectivity index (χ2v) is 19.4. The first-order valence-corrected chi connectivity index (χ1v) is 22.5. The number of hydrogen-bond donors (Lipinski definition) is 5. The van der Waals surface area contributed by atoms with Gasteiger partial charge in [-0.1, -0.05) is 25.4 Å². The zero-order valence-corrected chi connectivity index (χ0v) is 38.6. The Balaban J connectivity index is 1.43. The number of nitrogens with one attached hydrogen (secondary N) is 4. The van der Waals surface area contributed by atoms with Gasteiger partial charge in [0.15, 0.2) is 0 Å². The van der Waals surface area contributed by atoms with E-state index in [1.54, 1.807) is 18.2 Å². The van der Waals surface area contributed by atoms with Crippen molar-refractivity contribution in [3.8, 4) is 5.75 Å². The summed E-state index contributed by atoms with van der Waals surface area (Å²) < 4.78 is 61.7. The molecule has 4 fully saturated rings. The molecule has 2 heterocycles. The van der Waals surface area contributed by atoms with Gasteiger partial charge in [0, 0.05) is 38.5 Å². The van der Waals surface area contributed by atoms with Crippen LogP contribution in [0.3, 0.4) is 0 Å². The van der Waals surface area contributed by atoms with Crippen molar-refractivity contribution in [2.45, 2.75) is 159 Å². The summed E-state index contributed by atoms with van der Waals surface area (Å²) in [4.78, 5) is 101. The lowest BCUT2D eigenvalue weighted by atomic mass is 9.97. The third-order valence-corrected chi connectivity index (χ3v) is 12.7. The van der Waals surface area contributed by atoms with Gasteiger partial charge in [0.1, 0.15) is 47.7 Å². The third-order valence-electron chi connectivity index (χ3n) is 12.4. The van der Waals surface area contributed by atoms with E-state index in [0.29, 0.717) is 40.5 Å². The summed E-state index contributed by atoms with van der Waals surface area (Å²) in [6.07, 6.45) is -4.75.